The molecule has 26 heavy (non-hydrogen) atoms. The summed E-state index contributed by atoms with van der Waals surface area (Å²) >= 11 is 0. The fourth-order valence-corrected chi connectivity index (χ4v) is 3.40. The highest BCUT2D eigenvalue weighted by Gasteiger charge is 2.23. The Morgan fingerprint density at radius 2 is 1.96 bits per heavy atom. The summed E-state index contributed by atoms with van der Waals surface area (Å²) in [7, 11) is 4.26. The van der Waals surface area contributed by atoms with Gasteiger partial charge in [0.05, 0.1) is 6.61 Å². The first-order chi connectivity index (χ1) is 12.5. The van der Waals surface area contributed by atoms with Gasteiger partial charge in [-0.25, -0.2) is 0 Å². The third kappa shape index (κ3) is 4.69. The van der Waals surface area contributed by atoms with Crippen molar-refractivity contribution in [2.24, 2.45) is 0 Å². The Bertz CT molecular complexity index is 760. The predicted octanol–water partition coefficient (Wildman–Crippen LogP) is 2.57. The quantitative estimate of drug-likeness (QED) is 0.838. The molecule has 0 aliphatic carbocycles. The van der Waals surface area contributed by atoms with E-state index in [1.54, 1.807) is 6.07 Å². The van der Waals surface area contributed by atoms with Gasteiger partial charge in [-0.1, -0.05) is 24.3 Å². The normalized spacial score (nSPS) is 17.6. The average molecular weight is 353 g/mol. The van der Waals surface area contributed by atoms with Crippen LogP contribution >= 0.6 is 0 Å². The summed E-state index contributed by atoms with van der Waals surface area (Å²) < 4.78 is 0. The van der Waals surface area contributed by atoms with Crippen molar-refractivity contribution in [3.8, 4) is 0 Å². The van der Waals surface area contributed by atoms with Crippen LogP contribution in [0.15, 0.2) is 48.5 Å². The second-order valence-corrected chi connectivity index (χ2v) is 7.15. The number of hydrogen-bond acceptors (Lipinski definition) is 4. The summed E-state index contributed by atoms with van der Waals surface area (Å²) in [5, 5.41) is 12.1. The molecule has 138 valence electrons. The summed E-state index contributed by atoms with van der Waals surface area (Å²) in [6.07, 6.45) is 1.19. The molecule has 2 N–H and O–H groups in total. The minimum Gasteiger partial charge on any atom is -0.392 e. The van der Waals surface area contributed by atoms with Crippen molar-refractivity contribution in [2.45, 2.75) is 25.6 Å². The van der Waals surface area contributed by atoms with Crippen LogP contribution < -0.4 is 5.32 Å². The second kappa shape index (κ2) is 8.45. The fraction of sp³-hybridized carbons (Fsp3) is 0.381. The molecule has 0 aromatic heterocycles. The summed E-state index contributed by atoms with van der Waals surface area (Å²) in [5.41, 5.74) is 3.28. The number of carbonyl (C=O) groups is 1. The van der Waals surface area contributed by atoms with E-state index in [4.69, 9.17) is 0 Å². The maximum Gasteiger partial charge on any atom is 0.255 e. The highest BCUT2D eigenvalue weighted by atomic mass is 16.3. The topological polar surface area (TPSA) is 55.8 Å². The molecule has 0 radical (unpaired) electrons. The Morgan fingerprint density at radius 3 is 2.69 bits per heavy atom. The number of likely N-dealkylation sites (tertiary alicyclic amines) is 1. The molecule has 5 nitrogen and oxygen atoms in total. The third-order valence-corrected chi connectivity index (χ3v) is 4.94. The van der Waals surface area contributed by atoms with Gasteiger partial charge in [0, 0.05) is 36.9 Å². The van der Waals surface area contributed by atoms with Gasteiger partial charge in [0.25, 0.3) is 5.91 Å². The Morgan fingerprint density at radius 1 is 1.19 bits per heavy atom. The van der Waals surface area contributed by atoms with Gasteiger partial charge < -0.3 is 15.3 Å². The lowest BCUT2D eigenvalue weighted by atomic mass is 10.1. The molecule has 0 saturated carbocycles. The van der Waals surface area contributed by atoms with E-state index in [1.807, 2.05) is 36.4 Å². The molecular formula is C21H27N3O2. The van der Waals surface area contributed by atoms with E-state index in [1.165, 1.54) is 6.42 Å². The lowest BCUT2D eigenvalue weighted by molar-refractivity contribution is 0.102. The zero-order chi connectivity index (χ0) is 18.5. The van der Waals surface area contributed by atoms with Crippen LogP contribution in [0.5, 0.6) is 0 Å². The van der Waals surface area contributed by atoms with E-state index in [-0.39, 0.29) is 12.5 Å². The molecular weight excluding hydrogens is 326 g/mol. The van der Waals surface area contributed by atoms with Crippen LogP contribution in [-0.4, -0.2) is 54.0 Å². The van der Waals surface area contributed by atoms with Crippen molar-refractivity contribution in [3.63, 3.8) is 0 Å². The van der Waals surface area contributed by atoms with E-state index in [9.17, 15) is 9.90 Å². The summed E-state index contributed by atoms with van der Waals surface area (Å²) in [5.74, 6) is -0.130. The molecule has 2 aromatic rings. The lowest BCUT2D eigenvalue weighted by Gasteiger charge is -2.20. The van der Waals surface area contributed by atoms with Crippen molar-refractivity contribution in [3.05, 3.63) is 65.2 Å². The minimum absolute atomic E-state index is 0.0387. The van der Waals surface area contributed by atoms with Crippen molar-refractivity contribution >= 4 is 11.6 Å². The van der Waals surface area contributed by atoms with Gasteiger partial charge in [-0.3, -0.25) is 9.69 Å². The largest absolute Gasteiger partial charge is 0.392 e. The van der Waals surface area contributed by atoms with Crippen LogP contribution in [0.3, 0.4) is 0 Å². The molecule has 1 aliphatic heterocycles. The molecule has 3 rings (SSSR count). The molecule has 1 aliphatic rings. The van der Waals surface area contributed by atoms with Gasteiger partial charge in [0.1, 0.15) is 0 Å². The second-order valence-electron chi connectivity index (χ2n) is 7.15. The maximum atomic E-state index is 12.6. The molecule has 1 fully saturated rings. The van der Waals surface area contributed by atoms with E-state index >= 15 is 0 Å². The molecule has 1 saturated heterocycles. The molecule has 0 bridgehead atoms. The first-order valence-electron chi connectivity index (χ1n) is 9.04. The Hall–Kier alpha value is -2.21. The van der Waals surface area contributed by atoms with E-state index in [0.29, 0.717) is 17.3 Å². The molecule has 0 spiro atoms. The number of aliphatic hydroxyl groups excluding tert-OH is 1. The number of hydrogen-bond donors (Lipinski definition) is 2. The molecule has 1 amide bonds. The van der Waals surface area contributed by atoms with E-state index in [0.717, 1.165) is 30.8 Å². The predicted molar refractivity (Wildman–Crippen MR) is 104 cm³/mol. The Kier molecular flexibility index (Phi) is 6.04. The number of nitrogens with zero attached hydrogens (tertiary/aromatic N) is 2. The number of benzene rings is 2. The van der Waals surface area contributed by atoms with Gasteiger partial charge in [-0.15, -0.1) is 0 Å². The van der Waals surface area contributed by atoms with Crippen molar-refractivity contribution in [2.75, 3.05) is 32.5 Å². The zero-order valence-electron chi connectivity index (χ0n) is 15.5. The van der Waals surface area contributed by atoms with Crippen molar-refractivity contribution < 1.29 is 9.90 Å². The smallest absolute Gasteiger partial charge is 0.255 e. The molecule has 0 unspecified atom stereocenters. The molecule has 1 atom stereocenters. The van der Waals surface area contributed by atoms with Crippen molar-refractivity contribution in [1.82, 2.24) is 9.80 Å². The highest BCUT2D eigenvalue weighted by molar-refractivity contribution is 6.04. The molecule has 1 heterocycles. The van der Waals surface area contributed by atoms with Gasteiger partial charge in [-0.05, 0) is 55.9 Å². The van der Waals surface area contributed by atoms with Crippen LogP contribution in [0.2, 0.25) is 0 Å². The van der Waals surface area contributed by atoms with E-state index < -0.39 is 0 Å². The maximum absolute atomic E-state index is 12.6. The van der Waals surface area contributed by atoms with E-state index in [2.05, 4.69) is 35.3 Å². The Labute approximate surface area is 155 Å². The van der Waals surface area contributed by atoms with Crippen LogP contribution in [0.25, 0.3) is 0 Å². The fourth-order valence-electron chi connectivity index (χ4n) is 3.40. The molecule has 5 heteroatoms. The van der Waals surface area contributed by atoms with Gasteiger partial charge in [0.2, 0.25) is 0 Å². The van der Waals surface area contributed by atoms with Crippen LogP contribution in [0.4, 0.5) is 5.69 Å². The minimum atomic E-state index is -0.130. The standard InChI is InChI=1S/C21H27N3O2/c1-23(2)20-9-10-24(14-20)13-16-5-3-7-18(11-16)21(26)22-19-8-4-6-17(12-19)15-25/h3-8,11-12,20,25H,9-10,13-15H2,1-2H3,(H,22,26)/t20-/m0/s1. The third-order valence-electron chi connectivity index (χ3n) is 4.94. The first-order valence-corrected chi connectivity index (χ1v) is 9.04. The highest BCUT2D eigenvalue weighted by Crippen LogP contribution is 2.18. The van der Waals surface area contributed by atoms with Gasteiger partial charge in [-0.2, -0.15) is 0 Å². The SMILES string of the molecule is CN(C)[C@H]1CCN(Cc2cccc(C(=O)Nc3cccc(CO)c3)c2)C1. The number of rotatable bonds is 6. The average Bonchev–Trinajstić information content (AvgIpc) is 3.11. The van der Waals surface area contributed by atoms with Crippen LogP contribution in [0.1, 0.15) is 27.9 Å². The first kappa shape index (κ1) is 18.6. The number of carbonyl (C=O) groups excluding carboxylic acids is 1. The summed E-state index contributed by atoms with van der Waals surface area (Å²) in [6.45, 7) is 2.99. The number of amides is 1. The number of nitrogens with one attached hydrogen (secondary N) is 1. The molecule has 2 aromatic carbocycles. The Balaban J connectivity index is 1.64. The van der Waals surface area contributed by atoms with Crippen LogP contribution in [0, 0.1) is 0 Å². The zero-order valence-corrected chi connectivity index (χ0v) is 15.5. The van der Waals surface area contributed by atoms with Crippen molar-refractivity contribution in [1.29, 1.82) is 0 Å². The van der Waals surface area contributed by atoms with Crippen LogP contribution in [-0.2, 0) is 13.2 Å². The summed E-state index contributed by atoms with van der Waals surface area (Å²) in [4.78, 5) is 17.3. The van der Waals surface area contributed by atoms with Gasteiger partial charge in [0.15, 0.2) is 0 Å². The number of likely N-dealkylation sites (N-methyl/N-ethyl adjacent to an activating group) is 1. The monoisotopic (exact) mass is 353 g/mol. The number of anilines is 1. The summed E-state index contributed by atoms with van der Waals surface area (Å²) in [6, 6.07) is 15.7. The number of aliphatic hydroxyl groups is 1. The lowest BCUT2D eigenvalue weighted by Crippen LogP contribution is -2.31. The van der Waals surface area contributed by atoms with Gasteiger partial charge >= 0.3 is 0 Å².